The standard InChI is InChI=1S/C61H77NO11/c1-3-21-61(70)48-19-20-53(65)45(30-48)25-38-11-10-12-39(24-38)28-50(64)32-47-29-42(44-26-40(36-63)27-49(31-44)62-37-60(2,69)22-23-71-51-15-8-5-9-16-51)17-18-43-35-55(66)73-58-52(43)33-46(34-54(61)72-59(47)68)57(67)56(58)41-13-6-4-7-14-41/h10-12,24,26-27,31-33,41-43,45,48,50-51,54,62-64,67,69-70H,3-9,13-16,19-23,25,28-30,34-37H2,1-2H3. The molecule has 73 heavy (non-hydrogen) atoms. The lowest BCUT2D eigenvalue weighted by atomic mass is 9.66. The molecular formula is C61H77NO11. The third-order valence-electron chi connectivity index (χ3n) is 17.0. The summed E-state index contributed by atoms with van der Waals surface area (Å²) < 4.78 is 19.0. The number of aromatic hydroxyl groups is 1. The molecule has 3 heterocycles. The van der Waals surface area contributed by atoms with Gasteiger partial charge in [0.1, 0.15) is 29.0 Å². The fourth-order valence-electron chi connectivity index (χ4n) is 12.9. The number of fused-ring (bicyclic) bond motifs is 8. The van der Waals surface area contributed by atoms with Crippen LogP contribution in [0.4, 0.5) is 5.69 Å². The van der Waals surface area contributed by atoms with Crippen LogP contribution in [0.3, 0.4) is 0 Å². The molecule has 392 valence electrons. The molecule has 9 rings (SSSR count). The SMILES string of the molecule is CCCC1(O)C2CCC(=O)C(Cc3cccc(c3)CC(O)C=C3CC(c4cc(CO)cc(NCC(C)(O)CCOC5CCCCC5)c4)C#CC4CC(=O)Oc5c4cc(c(O)c5C4CCCCC4)CC1OC3=O)C2. The maximum absolute atomic E-state index is 15.4. The van der Waals surface area contributed by atoms with Gasteiger partial charge in [0.25, 0.3) is 0 Å². The average molecular weight is 1000 g/mol. The quantitative estimate of drug-likeness (QED) is 0.0573. The Balaban J connectivity index is 1.17. The molecule has 6 N–H and O–H groups in total. The van der Waals surface area contributed by atoms with Gasteiger partial charge in [0, 0.05) is 73.1 Å². The molecule has 0 aromatic heterocycles. The molecule has 8 unspecified atom stereocenters. The van der Waals surface area contributed by atoms with Crippen LogP contribution in [0.15, 0.2) is 60.2 Å². The summed E-state index contributed by atoms with van der Waals surface area (Å²) in [4.78, 5) is 42.8. The zero-order valence-corrected chi connectivity index (χ0v) is 43.0. The lowest BCUT2D eigenvalue weighted by Gasteiger charge is -2.45. The lowest BCUT2D eigenvalue weighted by molar-refractivity contribution is -0.176. The van der Waals surface area contributed by atoms with Crippen LogP contribution in [0.25, 0.3) is 0 Å². The Kier molecular flexibility index (Phi) is 16.8. The summed E-state index contributed by atoms with van der Waals surface area (Å²) in [5, 5.41) is 63.6. The van der Waals surface area contributed by atoms with Gasteiger partial charge in [-0.05, 0) is 129 Å². The topological polar surface area (TPSA) is 192 Å². The number of hydrogen-bond donors (Lipinski definition) is 6. The van der Waals surface area contributed by atoms with E-state index in [1.165, 1.54) is 12.5 Å². The number of ether oxygens (including phenoxy) is 3. The molecule has 3 aromatic carbocycles. The van der Waals surface area contributed by atoms with Crippen molar-refractivity contribution in [2.45, 2.75) is 203 Å². The molecule has 6 aliphatic rings. The van der Waals surface area contributed by atoms with E-state index in [-0.39, 0.29) is 86.7 Å². The third kappa shape index (κ3) is 12.6. The second-order valence-corrected chi connectivity index (χ2v) is 22.6. The van der Waals surface area contributed by atoms with Crippen molar-refractivity contribution in [3.8, 4) is 23.3 Å². The van der Waals surface area contributed by atoms with E-state index < -0.39 is 53.1 Å². The van der Waals surface area contributed by atoms with Crippen LogP contribution in [0, 0.1) is 23.7 Å². The van der Waals surface area contributed by atoms with Crippen molar-refractivity contribution in [1.82, 2.24) is 0 Å². The van der Waals surface area contributed by atoms with Crippen molar-refractivity contribution in [2.24, 2.45) is 11.8 Å². The van der Waals surface area contributed by atoms with E-state index in [1.54, 1.807) is 6.92 Å². The number of Topliss-reactive ketones (excluding diaryl/α,β-unsaturated/α-hetero) is 1. The Hall–Kier alpha value is -5.03. The van der Waals surface area contributed by atoms with Crippen LogP contribution < -0.4 is 10.1 Å². The third-order valence-corrected chi connectivity index (χ3v) is 17.0. The van der Waals surface area contributed by atoms with Crippen molar-refractivity contribution < 1.29 is 54.1 Å². The normalized spacial score (nSPS) is 28.0. The lowest BCUT2D eigenvalue weighted by Crippen LogP contribution is -2.54. The summed E-state index contributed by atoms with van der Waals surface area (Å²) in [6.45, 7) is 4.06. The van der Waals surface area contributed by atoms with Gasteiger partial charge in [-0.25, -0.2) is 4.79 Å². The number of nitrogens with one attached hydrogen (secondary N) is 1. The molecule has 3 saturated carbocycles. The van der Waals surface area contributed by atoms with Crippen molar-refractivity contribution in [2.75, 3.05) is 18.5 Å². The Morgan fingerprint density at radius 1 is 0.863 bits per heavy atom. The van der Waals surface area contributed by atoms with Gasteiger partial charge in [-0.3, -0.25) is 9.59 Å². The second kappa shape index (κ2) is 23.2. The number of esters is 2. The van der Waals surface area contributed by atoms with Gasteiger partial charge in [-0.2, -0.15) is 0 Å². The molecule has 8 atom stereocenters. The highest BCUT2D eigenvalue weighted by Crippen LogP contribution is 2.51. The minimum absolute atomic E-state index is 0.0377. The summed E-state index contributed by atoms with van der Waals surface area (Å²) in [5.74, 6) is 3.81. The minimum atomic E-state index is -1.64. The Labute approximate surface area is 431 Å². The monoisotopic (exact) mass is 1000 g/mol. The van der Waals surface area contributed by atoms with Gasteiger partial charge in [-0.15, -0.1) is 0 Å². The number of hydrogen-bond acceptors (Lipinski definition) is 12. The van der Waals surface area contributed by atoms with E-state index in [1.807, 2.05) is 55.5 Å². The first kappa shape index (κ1) is 52.8. The van der Waals surface area contributed by atoms with Gasteiger partial charge in [0.2, 0.25) is 0 Å². The molecular weight excluding hydrogens is 923 g/mol. The number of phenols is 1. The molecule has 3 fully saturated rings. The van der Waals surface area contributed by atoms with Crippen LogP contribution in [0.2, 0.25) is 0 Å². The number of ketones is 1. The van der Waals surface area contributed by atoms with Crippen molar-refractivity contribution in [3.63, 3.8) is 0 Å². The molecule has 3 aliphatic carbocycles. The van der Waals surface area contributed by atoms with Crippen LogP contribution in [-0.2, 0) is 49.7 Å². The predicted octanol–water partition coefficient (Wildman–Crippen LogP) is 9.48. The van der Waals surface area contributed by atoms with Gasteiger partial charge in [0.05, 0.1) is 36.8 Å². The summed E-state index contributed by atoms with van der Waals surface area (Å²) in [6.07, 6.45) is 12.3. The largest absolute Gasteiger partial charge is 0.507 e. The molecule has 0 saturated heterocycles. The maximum Gasteiger partial charge on any atom is 0.334 e. The van der Waals surface area contributed by atoms with Crippen molar-refractivity contribution in [3.05, 3.63) is 99.1 Å². The van der Waals surface area contributed by atoms with Crippen LogP contribution in [0.1, 0.15) is 186 Å². The first-order valence-corrected chi connectivity index (χ1v) is 27.5. The second-order valence-electron chi connectivity index (χ2n) is 22.6. The van der Waals surface area contributed by atoms with E-state index in [4.69, 9.17) is 14.2 Å². The number of phenolic OH excluding ortho intramolecular Hbond substituents is 1. The summed E-state index contributed by atoms with van der Waals surface area (Å²) >= 11 is 0. The number of carbonyl (C=O) groups excluding carboxylic acids is 3. The van der Waals surface area contributed by atoms with E-state index in [2.05, 4.69) is 17.2 Å². The number of rotatable bonds is 12. The fourth-order valence-corrected chi connectivity index (χ4v) is 12.9. The molecule has 12 heteroatoms. The first-order valence-electron chi connectivity index (χ1n) is 27.5. The van der Waals surface area contributed by atoms with Gasteiger partial charge < -0.3 is 45.1 Å². The summed E-state index contributed by atoms with van der Waals surface area (Å²) in [7, 11) is 0. The van der Waals surface area contributed by atoms with E-state index in [0.717, 1.165) is 68.9 Å². The van der Waals surface area contributed by atoms with E-state index in [9.17, 15) is 35.1 Å². The molecule has 0 amide bonds. The predicted molar refractivity (Wildman–Crippen MR) is 278 cm³/mol. The minimum Gasteiger partial charge on any atom is -0.507 e. The van der Waals surface area contributed by atoms with Gasteiger partial charge >= 0.3 is 11.9 Å². The number of aliphatic hydroxyl groups is 4. The highest BCUT2D eigenvalue weighted by Gasteiger charge is 2.49. The van der Waals surface area contributed by atoms with Gasteiger partial charge in [0.15, 0.2) is 0 Å². The van der Waals surface area contributed by atoms with Crippen molar-refractivity contribution in [1.29, 1.82) is 0 Å². The van der Waals surface area contributed by atoms with E-state index >= 15 is 4.79 Å². The Morgan fingerprint density at radius 3 is 2.36 bits per heavy atom. The first-order chi connectivity index (χ1) is 35.2. The maximum atomic E-state index is 15.4. The molecule has 3 aliphatic heterocycles. The molecule has 12 nitrogen and oxygen atoms in total. The Bertz CT molecular complexity index is 2580. The number of anilines is 1. The fraction of sp³-hybridized carbons (Fsp3) is 0.590. The van der Waals surface area contributed by atoms with Crippen molar-refractivity contribution >= 4 is 23.4 Å². The molecule has 0 spiro atoms. The average Bonchev–Trinajstić information content (AvgIpc) is 3.38. The summed E-state index contributed by atoms with van der Waals surface area (Å²) in [5.41, 5.74) is 2.66. The van der Waals surface area contributed by atoms with E-state index in [0.29, 0.717) is 78.0 Å². The summed E-state index contributed by atoms with van der Waals surface area (Å²) in [6, 6.07) is 15.2. The van der Waals surface area contributed by atoms with Gasteiger partial charge in [-0.1, -0.05) is 94.0 Å². The van der Waals surface area contributed by atoms with Crippen LogP contribution >= 0.6 is 0 Å². The molecule has 0 radical (unpaired) electrons. The zero-order valence-electron chi connectivity index (χ0n) is 43.0. The molecule has 3 aromatic rings. The number of aliphatic hydroxyl groups excluding tert-OH is 2. The number of benzene rings is 3. The number of carbonyl (C=O) groups is 3. The zero-order chi connectivity index (χ0) is 51.3. The van der Waals surface area contributed by atoms with Crippen LogP contribution in [-0.4, -0.2) is 85.9 Å². The van der Waals surface area contributed by atoms with Crippen LogP contribution in [0.5, 0.6) is 11.5 Å². The molecule has 8 bridgehead atoms. The highest BCUT2D eigenvalue weighted by molar-refractivity contribution is 5.89. The Morgan fingerprint density at radius 2 is 1.60 bits per heavy atom. The smallest absolute Gasteiger partial charge is 0.334 e. The highest BCUT2D eigenvalue weighted by atomic mass is 16.6.